The second-order valence-electron chi connectivity index (χ2n) is 6.81. The Bertz CT molecular complexity index is 887. The van der Waals surface area contributed by atoms with E-state index in [1.807, 2.05) is 32.1 Å². The Morgan fingerprint density at radius 3 is 2.50 bits per heavy atom. The topological polar surface area (TPSA) is 24.4 Å². The molecule has 2 rings (SSSR count). The number of hydrogen-bond donors (Lipinski definition) is 1. The van der Waals surface area contributed by atoms with E-state index in [0.29, 0.717) is 6.54 Å². The number of aryl methyl sites for hydroxylation is 1. The van der Waals surface area contributed by atoms with E-state index in [1.165, 1.54) is 23.3 Å². The molecule has 28 heavy (non-hydrogen) atoms. The SMILES string of the molecule is C\C=C/C=C\C(C)=C(/CNCc1cccc(C)c1)N=C(C)c1ccc(F)cc1. The van der Waals surface area contributed by atoms with Crippen LogP contribution in [0.4, 0.5) is 4.39 Å². The van der Waals surface area contributed by atoms with Crippen LogP contribution in [0.5, 0.6) is 0 Å². The lowest BCUT2D eigenvalue weighted by Crippen LogP contribution is -2.17. The van der Waals surface area contributed by atoms with Gasteiger partial charge >= 0.3 is 0 Å². The van der Waals surface area contributed by atoms with Gasteiger partial charge in [0.15, 0.2) is 0 Å². The molecule has 0 amide bonds. The molecule has 2 aromatic rings. The van der Waals surface area contributed by atoms with Crippen LogP contribution in [0.3, 0.4) is 0 Å². The molecule has 0 atom stereocenters. The second-order valence-corrected chi connectivity index (χ2v) is 6.81. The summed E-state index contributed by atoms with van der Waals surface area (Å²) in [5.41, 5.74) is 6.35. The first-order chi connectivity index (χ1) is 13.5. The summed E-state index contributed by atoms with van der Waals surface area (Å²) >= 11 is 0. The van der Waals surface area contributed by atoms with Gasteiger partial charge in [0.25, 0.3) is 0 Å². The maximum absolute atomic E-state index is 13.2. The van der Waals surface area contributed by atoms with Gasteiger partial charge in [-0.1, -0.05) is 66.3 Å². The molecule has 0 unspecified atom stereocenters. The maximum atomic E-state index is 13.2. The van der Waals surface area contributed by atoms with E-state index in [2.05, 4.69) is 49.5 Å². The number of nitrogens with one attached hydrogen (secondary N) is 1. The van der Waals surface area contributed by atoms with E-state index in [-0.39, 0.29) is 5.82 Å². The largest absolute Gasteiger partial charge is 0.307 e. The molecule has 2 aromatic carbocycles. The van der Waals surface area contributed by atoms with Crippen molar-refractivity contribution in [2.75, 3.05) is 6.54 Å². The van der Waals surface area contributed by atoms with Gasteiger partial charge in [-0.2, -0.15) is 0 Å². The summed E-state index contributed by atoms with van der Waals surface area (Å²) in [5, 5.41) is 3.49. The highest BCUT2D eigenvalue weighted by Gasteiger charge is 2.04. The van der Waals surface area contributed by atoms with Crippen molar-refractivity contribution in [3.05, 3.63) is 107 Å². The summed E-state index contributed by atoms with van der Waals surface area (Å²) in [6, 6.07) is 14.9. The number of hydrogen-bond acceptors (Lipinski definition) is 2. The molecule has 0 bridgehead atoms. The first-order valence-corrected chi connectivity index (χ1v) is 9.56. The molecule has 0 aliphatic carbocycles. The fraction of sp³-hybridized carbons (Fsp3) is 0.240. The maximum Gasteiger partial charge on any atom is 0.123 e. The summed E-state index contributed by atoms with van der Waals surface area (Å²) in [6.07, 6.45) is 8.06. The summed E-state index contributed by atoms with van der Waals surface area (Å²) in [6.45, 7) is 9.54. The molecule has 0 aliphatic heterocycles. The molecule has 3 heteroatoms. The third-order valence-electron chi connectivity index (χ3n) is 4.37. The fourth-order valence-electron chi connectivity index (χ4n) is 2.78. The van der Waals surface area contributed by atoms with E-state index in [9.17, 15) is 4.39 Å². The van der Waals surface area contributed by atoms with E-state index in [1.54, 1.807) is 12.1 Å². The van der Waals surface area contributed by atoms with Crippen LogP contribution in [-0.4, -0.2) is 12.3 Å². The second kappa shape index (κ2) is 11.2. The molecule has 0 saturated heterocycles. The minimum Gasteiger partial charge on any atom is -0.307 e. The van der Waals surface area contributed by atoms with Crippen molar-refractivity contribution in [1.82, 2.24) is 5.32 Å². The highest BCUT2D eigenvalue weighted by atomic mass is 19.1. The van der Waals surface area contributed by atoms with Crippen LogP contribution in [0.15, 0.2) is 89.1 Å². The molecule has 1 N–H and O–H groups in total. The Morgan fingerprint density at radius 1 is 1.07 bits per heavy atom. The lowest BCUT2D eigenvalue weighted by molar-refractivity contribution is 0.628. The highest BCUT2D eigenvalue weighted by Crippen LogP contribution is 2.12. The van der Waals surface area contributed by atoms with E-state index >= 15 is 0 Å². The quantitative estimate of drug-likeness (QED) is 0.434. The lowest BCUT2D eigenvalue weighted by atomic mass is 10.1. The zero-order valence-corrected chi connectivity index (χ0v) is 17.2. The van der Waals surface area contributed by atoms with Gasteiger partial charge in [-0.25, -0.2) is 4.39 Å². The van der Waals surface area contributed by atoms with Crippen molar-refractivity contribution in [2.24, 2.45) is 4.99 Å². The number of nitrogens with zero attached hydrogens (tertiary/aromatic N) is 1. The Balaban J connectivity index is 2.19. The third kappa shape index (κ3) is 7.09. The molecule has 146 valence electrons. The van der Waals surface area contributed by atoms with E-state index in [4.69, 9.17) is 4.99 Å². The Kier molecular flexibility index (Phi) is 8.57. The first kappa shape index (κ1) is 21.5. The average molecular weight is 377 g/mol. The van der Waals surface area contributed by atoms with Crippen LogP contribution >= 0.6 is 0 Å². The van der Waals surface area contributed by atoms with E-state index < -0.39 is 0 Å². The Hall–Kier alpha value is -2.78. The number of benzene rings is 2. The van der Waals surface area contributed by atoms with Gasteiger partial charge in [-0.15, -0.1) is 0 Å². The predicted octanol–water partition coefficient (Wildman–Crippen LogP) is 6.14. The van der Waals surface area contributed by atoms with Gasteiger partial charge in [0.1, 0.15) is 5.82 Å². The molecular formula is C25H29FN2. The molecule has 0 saturated carbocycles. The van der Waals surface area contributed by atoms with E-state index in [0.717, 1.165) is 29.1 Å². The first-order valence-electron chi connectivity index (χ1n) is 9.56. The van der Waals surface area contributed by atoms with Crippen molar-refractivity contribution in [2.45, 2.75) is 34.2 Å². The van der Waals surface area contributed by atoms with Crippen LogP contribution in [0.2, 0.25) is 0 Å². The highest BCUT2D eigenvalue weighted by molar-refractivity contribution is 5.99. The zero-order valence-electron chi connectivity index (χ0n) is 17.2. The van der Waals surface area contributed by atoms with Crippen molar-refractivity contribution >= 4 is 5.71 Å². The molecule has 2 nitrogen and oxygen atoms in total. The number of rotatable bonds is 8. The lowest BCUT2D eigenvalue weighted by Gasteiger charge is -2.10. The average Bonchev–Trinajstić information content (AvgIpc) is 2.68. The molecule has 0 spiro atoms. The molecule has 0 fully saturated rings. The van der Waals surface area contributed by atoms with Crippen molar-refractivity contribution in [3.63, 3.8) is 0 Å². The van der Waals surface area contributed by atoms with Crippen LogP contribution in [0, 0.1) is 12.7 Å². The smallest absolute Gasteiger partial charge is 0.123 e. The predicted molar refractivity (Wildman–Crippen MR) is 118 cm³/mol. The summed E-state index contributed by atoms with van der Waals surface area (Å²) in [5.74, 6) is -0.238. The van der Waals surface area contributed by atoms with Crippen LogP contribution in [-0.2, 0) is 6.54 Å². The zero-order chi connectivity index (χ0) is 20.4. The fourth-order valence-corrected chi connectivity index (χ4v) is 2.78. The van der Waals surface area contributed by atoms with Crippen LogP contribution in [0.25, 0.3) is 0 Å². The van der Waals surface area contributed by atoms with Gasteiger partial charge < -0.3 is 5.32 Å². The number of aliphatic imine (C=N–C) groups is 1. The number of allylic oxidation sites excluding steroid dienone is 5. The van der Waals surface area contributed by atoms with Crippen molar-refractivity contribution in [1.29, 1.82) is 0 Å². The Morgan fingerprint density at radius 2 is 1.82 bits per heavy atom. The minimum atomic E-state index is -0.238. The molecular weight excluding hydrogens is 347 g/mol. The normalized spacial score (nSPS) is 13.4. The molecule has 0 aliphatic rings. The number of halogens is 1. The van der Waals surface area contributed by atoms with Crippen LogP contribution in [0.1, 0.15) is 37.5 Å². The van der Waals surface area contributed by atoms with Gasteiger partial charge in [0, 0.05) is 18.8 Å². The van der Waals surface area contributed by atoms with Gasteiger partial charge in [0.2, 0.25) is 0 Å². The standard InChI is InChI=1S/C25H29FN2/c1-5-6-7-10-20(3)25(18-27-17-22-11-8-9-19(2)16-22)28-21(4)23-12-14-24(26)15-13-23/h5-16,27H,17-18H2,1-4H3/b6-5-,10-7-,25-20+,28-21?. The van der Waals surface area contributed by atoms with Crippen LogP contribution < -0.4 is 5.32 Å². The minimum absolute atomic E-state index is 0.238. The monoisotopic (exact) mass is 376 g/mol. The third-order valence-corrected chi connectivity index (χ3v) is 4.37. The summed E-state index contributed by atoms with van der Waals surface area (Å²) in [7, 11) is 0. The summed E-state index contributed by atoms with van der Waals surface area (Å²) in [4.78, 5) is 4.84. The molecule has 0 aromatic heterocycles. The molecule has 0 heterocycles. The van der Waals surface area contributed by atoms with Gasteiger partial charge in [-0.05, 0) is 56.5 Å². The van der Waals surface area contributed by atoms with Gasteiger partial charge in [0.05, 0.1) is 5.70 Å². The molecule has 0 radical (unpaired) electrons. The Labute approximate surface area is 168 Å². The van der Waals surface area contributed by atoms with Crippen molar-refractivity contribution < 1.29 is 4.39 Å². The van der Waals surface area contributed by atoms with Crippen molar-refractivity contribution in [3.8, 4) is 0 Å². The van der Waals surface area contributed by atoms with Gasteiger partial charge in [-0.3, -0.25) is 4.99 Å². The summed E-state index contributed by atoms with van der Waals surface area (Å²) < 4.78 is 13.2.